The van der Waals surface area contributed by atoms with Gasteiger partial charge in [0, 0.05) is 26.2 Å². The molecule has 1 amide bonds. The van der Waals surface area contributed by atoms with Crippen molar-refractivity contribution in [3.8, 4) is 0 Å². The summed E-state index contributed by atoms with van der Waals surface area (Å²) in [6.45, 7) is 5.44. The number of aromatic nitrogens is 1. The van der Waals surface area contributed by atoms with Crippen LogP contribution in [0.1, 0.15) is 44.7 Å². The fourth-order valence-corrected chi connectivity index (χ4v) is 2.54. The molecule has 4 nitrogen and oxygen atoms in total. The number of likely N-dealkylation sites (tertiary alicyclic amines) is 1. The van der Waals surface area contributed by atoms with E-state index in [1.807, 2.05) is 24.1 Å². The van der Waals surface area contributed by atoms with Crippen molar-refractivity contribution in [2.75, 3.05) is 18.4 Å². The molecule has 4 heteroatoms. The second kappa shape index (κ2) is 5.85. The summed E-state index contributed by atoms with van der Waals surface area (Å²) in [5.41, 5.74) is 1.14. The first-order chi connectivity index (χ1) is 8.72. The predicted molar refractivity (Wildman–Crippen MR) is 72.4 cm³/mol. The van der Waals surface area contributed by atoms with Crippen LogP contribution in [0.5, 0.6) is 0 Å². The third-order valence-corrected chi connectivity index (χ3v) is 3.44. The van der Waals surface area contributed by atoms with Crippen LogP contribution in [0.25, 0.3) is 0 Å². The Labute approximate surface area is 108 Å². The standard InChI is InChI=1S/C14H21N3O/c1-3-15-14-8-7-12(10-16-14)13-6-4-5-9-17(13)11(2)18/h7-8,10,13H,3-6,9H2,1-2H3,(H,15,16)/t13-/m0/s1. The normalized spacial score (nSPS) is 19.7. The number of carbonyl (C=O) groups excluding carboxylic acids is 1. The number of rotatable bonds is 3. The Hall–Kier alpha value is -1.58. The minimum Gasteiger partial charge on any atom is -0.370 e. The van der Waals surface area contributed by atoms with Crippen molar-refractivity contribution in [3.05, 3.63) is 23.9 Å². The first-order valence-electron chi connectivity index (χ1n) is 6.69. The van der Waals surface area contributed by atoms with Gasteiger partial charge in [-0.05, 0) is 37.8 Å². The number of hydrogen-bond acceptors (Lipinski definition) is 3. The van der Waals surface area contributed by atoms with E-state index in [-0.39, 0.29) is 11.9 Å². The lowest BCUT2D eigenvalue weighted by Gasteiger charge is -2.35. The monoisotopic (exact) mass is 247 g/mol. The van der Waals surface area contributed by atoms with Crippen molar-refractivity contribution >= 4 is 11.7 Å². The van der Waals surface area contributed by atoms with Gasteiger partial charge in [0.2, 0.25) is 5.91 Å². The summed E-state index contributed by atoms with van der Waals surface area (Å²) < 4.78 is 0. The Bertz CT molecular complexity index is 402. The summed E-state index contributed by atoms with van der Waals surface area (Å²) in [7, 11) is 0. The van der Waals surface area contributed by atoms with Crippen LogP contribution in [-0.2, 0) is 4.79 Å². The molecule has 18 heavy (non-hydrogen) atoms. The summed E-state index contributed by atoms with van der Waals surface area (Å²) in [6, 6.07) is 4.28. The molecule has 0 bridgehead atoms. The van der Waals surface area contributed by atoms with E-state index in [0.717, 1.165) is 37.3 Å². The van der Waals surface area contributed by atoms with E-state index >= 15 is 0 Å². The maximum atomic E-state index is 11.6. The van der Waals surface area contributed by atoms with Gasteiger partial charge in [0.15, 0.2) is 0 Å². The number of piperidine rings is 1. The second-order valence-corrected chi connectivity index (χ2v) is 4.73. The number of carbonyl (C=O) groups is 1. The van der Waals surface area contributed by atoms with Gasteiger partial charge in [-0.2, -0.15) is 0 Å². The van der Waals surface area contributed by atoms with Crippen LogP contribution in [0.4, 0.5) is 5.82 Å². The van der Waals surface area contributed by atoms with Gasteiger partial charge in [0.25, 0.3) is 0 Å². The Morgan fingerprint density at radius 2 is 2.33 bits per heavy atom. The lowest BCUT2D eigenvalue weighted by molar-refractivity contribution is -0.132. The fourth-order valence-electron chi connectivity index (χ4n) is 2.54. The van der Waals surface area contributed by atoms with Crippen LogP contribution in [0.2, 0.25) is 0 Å². The van der Waals surface area contributed by atoms with Gasteiger partial charge in [-0.15, -0.1) is 0 Å². The van der Waals surface area contributed by atoms with E-state index < -0.39 is 0 Å². The molecule has 1 N–H and O–H groups in total. The first-order valence-corrected chi connectivity index (χ1v) is 6.69. The maximum Gasteiger partial charge on any atom is 0.219 e. The highest BCUT2D eigenvalue weighted by Gasteiger charge is 2.25. The highest BCUT2D eigenvalue weighted by molar-refractivity contribution is 5.74. The lowest BCUT2D eigenvalue weighted by Crippen LogP contribution is -2.36. The third kappa shape index (κ3) is 2.81. The smallest absolute Gasteiger partial charge is 0.219 e. The SMILES string of the molecule is CCNc1ccc([C@@H]2CCCCN2C(C)=O)cn1. The third-order valence-electron chi connectivity index (χ3n) is 3.44. The summed E-state index contributed by atoms with van der Waals surface area (Å²) in [4.78, 5) is 18.0. The van der Waals surface area contributed by atoms with Crippen LogP contribution in [-0.4, -0.2) is 28.9 Å². The number of nitrogens with zero attached hydrogens (tertiary/aromatic N) is 2. The van der Waals surface area contributed by atoms with Crippen LogP contribution in [0.15, 0.2) is 18.3 Å². The molecule has 1 fully saturated rings. The number of nitrogens with one attached hydrogen (secondary N) is 1. The van der Waals surface area contributed by atoms with Crippen LogP contribution in [0, 0.1) is 0 Å². The van der Waals surface area contributed by atoms with E-state index in [4.69, 9.17) is 0 Å². The molecule has 1 atom stereocenters. The topological polar surface area (TPSA) is 45.2 Å². The number of anilines is 1. The molecule has 2 rings (SSSR count). The first kappa shape index (κ1) is 12.9. The molecule has 98 valence electrons. The Morgan fingerprint density at radius 1 is 1.50 bits per heavy atom. The lowest BCUT2D eigenvalue weighted by atomic mass is 9.96. The molecule has 1 aromatic rings. The molecular weight excluding hydrogens is 226 g/mol. The highest BCUT2D eigenvalue weighted by atomic mass is 16.2. The van der Waals surface area contributed by atoms with Crippen LogP contribution < -0.4 is 5.32 Å². The van der Waals surface area contributed by atoms with Gasteiger partial charge >= 0.3 is 0 Å². The number of pyridine rings is 1. The Morgan fingerprint density at radius 3 is 2.94 bits per heavy atom. The zero-order valence-electron chi connectivity index (χ0n) is 11.1. The summed E-state index contributed by atoms with van der Waals surface area (Å²) in [5, 5.41) is 3.18. The molecule has 0 aliphatic carbocycles. The fraction of sp³-hybridized carbons (Fsp3) is 0.571. The van der Waals surface area contributed by atoms with Crippen molar-refractivity contribution < 1.29 is 4.79 Å². The minimum absolute atomic E-state index is 0.162. The van der Waals surface area contributed by atoms with E-state index in [1.165, 1.54) is 6.42 Å². The number of amides is 1. The van der Waals surface area contributed by atoms with E-state index in [2.05, 4.69) is 16.4 Å². The molecule has 1 aromatic heterocycles. The Balaban J connectivity index is 2.15. The van der Waals surface area contributed by atoms with Crippen molar-refractivity contribution in [2.24, 2.45) is 0 Å². The van der Waals surface area contributed by atoms with Gasteiger partial charge in [-0.3, -0.25) is 4.79 Å². The molecule has 0 spiro atoms. The van der Waals surface area contributed by atoms with Gasteiger partial charge in [0.1, 0.15) is 5.82 Å². The number of hydrogen-bond donors (Lipinski definition) is 1. The molecule has 1 aliphatic heterocycles. The molecular formula is C14H21N3O. The summed E-state index contributed by atoms with van der Waals surface area (Å²) >= 11 is 0. The Kier molecular flexibility index (Phi) is 4.18. The summed E-state index contributed by atoms with van der Waals surface area (Å²) in [5.74, 6) is 1.06. The molecule has 0 saturated carbocycles. The second-order valence-electron chi connectivity index (χ2n) is 4.73. The minimum atomic E-state index is 0.162. The molecule has 1 aliphatic rings. The van der Waals surface area contributed by atoms with Crippen molar-refractivity contribution in [2.45, 2.75) is 39.2 Å². The molecule has 0 unspecified atom stereocenters. The molecule has 0 aromatic carbocycles. The zero-order chi connectivity index (χ0) is 13.0. The molecule has 1 saturated heterocycles. The van der Waals surface area contributed by atoms with Crippen molar-refractivity contribution in [1.82, 2.24) is 9.88 Å². The van der Waals surface area contributed by atoms with Crippen LogP contribution >= 0.6 is 0 Å². The average molecular weight is 247 g/mol. The summed E-state index contributed by atoms with van der Waals surface area (Å²) in [6.07, 6.45) is 5.23. The van der Waals surface area contributed by atoms with E-state index in [1.54, 1.807) is 6.92 Å². The van der Waals surface area contributed by atoms with Gasteiger partial charge in [-0.25, -0.2) is 4.98 Å². The molecule has 2 heterocycles. The van der Waals surface area contributed by atoms with Gasteiger partial charge in [0.05, 0.1) is 6.04 Å². The maximum absolute atomic E-state index is 11.6. The quantitative estimate of drug-likeness (QED) is 0.893. The highest BCUT2D eigenvalue weighted by Crippen LogP contribution is 2.30. The largest absolute Gasteiger partial charge is 0.370 e. The van der Waals surface area contributed by atoms with Crippen LogP contribution in [0.3, 0.4) is 0 Å². The zero-order valence-corrected chi connectivity index (χ0v) is 11.1. The predicted octanol–water partition coefficient (Wildman–Crippen LogP) is 2.59. The average Bonchev–Trinajstić information content (AvgIpc) is 2.40. The van der Waals surface area contributed by atoms with Crippen molar-refractivity contribution in [1.29, 1.82) is 0 Å². The van der Waals surface area contributed by atoms with Gasteiger partial charge < -0.3 is 10.2 Å². The van der Waals surface area contributed by atoms with E-state index in [9.17, 15) is 4.79 Å². The van der Waals surface area contributed by atoms with Crippen molar-refractivity contribution in [3.63, 3.8) is 0 Å². The van der Waals surface area contributed by atoms with Gasteiger partial charge in [-0.1, -0.05) is 6.07 Å². The molecule has 0 radical (unpaired) electrons. The van der Waals surface area contributed by atoms with E-state index in [0.29, 0.717) is 0 Å².